The topological polar surface area (TPSA) is 76.0 Å². The van der Waals surface area contributed by atoms with E-state index in [2.05, 4.69) is 50.3 Å². The first-order valence-electron chi connectivity index (χ1n) is 13.7. The van der Waals surface area contributed by atoms with Crippen LogP contribution >= 0.6 is 23.2 Å². The second-order valence-electron chi connectivity index (χ2n) is 11.1. The predicted molar refractivity (Wildman–Crippen MR) is 151 cm³/mol. The van der Waals surface area contributed by atoms with Crippen molar-refractivity contribution in [2.75, 3.05) is 57.3 Å². The lowest BCUT2D eigenvalue weighted by molar-refractivity contribution is -0.114. The molecule has 1 N–H and O–H groups in total. The summed E-state index contributed by atoms with van der Waals surface area (Å²) in [7, 11) is 0. The van der Waals surface area contributed by atoms with Crippen molar-refractivity contribution in [2.45, 2.75) is 57.3 Å². The standard InChI is InChI=1S/C28H38Cl2N6O2/c1-18(2)33-6-10-35(11-7-33)28(21(16-37)20-4-5-22(29)23(30)15-20)36-12-8-34(9-13-36)27-25-19(3)14-24(38)26(25)31-17-32-27/h4-5,15-19,21,24,28,38H,6-14H2,1-3H3/t19-,21?,24-,28?/m1/s1. The van der Waals surface area contributed by atoms with Crippen LogP contribution in [-0.2, 0) is 4.79 Å². The Balaban J connectivity index is 1.38. The molecule has 0 spiro atoms. The number of aliphatic hydroxyl groups is 1. The first-order valence-corrected chi connectivity index (χ1v) is 14.4. The SMILES string of the molecule is CC(C)N1CCN(C(C(C=O)c2ccc(Cl)c(Cl)c2)N2CCN(c3ncnc4c3[C@H](C)C[C@H]4O)CC2)CC1. The molecule has 1 aromatic carbocycles. The lowest BCUT2D eigenvalue weighted by atomic mass is 9.94. The van der Waals surface area contributed by atoms with Crippen LogP contribution in [0.3, 0.4) is 0 Å². The van der Waals surface area contributed by atoms with Gasteiger partial charge in [-0.25, -0.2) is 9.97 Å². The zero-order valence-electron chi connectivity index (χ0n) is 22.4. The molecule has 2 fully saturated rings. The highest BCUT2D eigenvalue weighted by molar-refractivity contribution is 6.42. The van der Waals surface area contributed by atoms with Crippen molar-refractivity contribution in [2.24, 2.45) is 0 Å². The first-order chi connectivity index (χ1) is 18.3. The molecule has 0 radical (unpaired) electrons. The molecule has 8 nitrogen and oxygen atoms in total. The summed E-state index contributed by atoms with van der Waals surface area (Å²) in [5, 5.41) is 11.4. The van der Waals surface area contributed by atoms with E-state index in [0.29, 0.717) is 22.5 Å². The Labute approximate surface area is 235 Å². The minimum absolute atomic E-state index is 0.0712. The summed E-state index contributed by atoms with van der Waals surface area (Å²) in [6.45, 7) is 13.6. The molecule has 0 amide bonds. The smallest absolute Gasteiger partial charge is 0.135 e. The van der Waals surface area contributed by atoms with Gasteiger partial charge in [0.2, 0.25) is 0 Å². The van der Waals surface area contributed by atoms with Gasteiger partial charge in [0.15, 0.2) is 0 Å². The van der Waals surface area contributed by atoms with E-state index in [1.54, 1.807) is 12.4 Å². The van der Waals surface area contributed by atoms with Crippen LogP contribution in [0.2, 0.25) is 10.0 Å². The van der Waals surface area contributed by atoms with E-state index in [9.17, 15) is 9.90 Å². The van der Waals surface area contributed by atoms with Crippen LogP contribution < -0.4 is 4.90 Å². The van der Waals surface area contributed by atoms with Crippen LogP contribution in [0, 0.1) is 0 Å². The number of aromatic nitrogens is 2. The van der Waals surface area contributed by atoms with Gasteiger partial charge >= 0.3 is 0 Å². The van der Waals surface area contributed by atoms with Gasteiger partial charge in [0.1, 0.15) is 18.4 Å². The normalized spacial score (nSPS) is 25.0. The van der Waals surface area contributed by atoms with E-state index in [4.69, 9.17) is 23.2 Å². The molecule has 0 bridgehead atoms. The Morgan fingerprint density at radius 3 is 2.18 bits per heavy atom. The number of hydrogen-bond acceptors (Lipinski definition) is 8. The van der Waals surface area contributed by atoms with E-state index < -0.39 is 6.10 Å². The summed E-state index contributed by atoms with van der Waals surface area (Å²) in [6, 6.07) is 6.06. The van der Waals surface area contributed by atoms with E-state index in [1.807, 2.05) is 12.1 Å². The van der Waals surface area contributed by atoms with Crippen LogP contribution in [0.1, 0.15) is 62.0 Å². The Kier molecular flexibility index (Phi) is 8.57. The maximum atomic E-state index is 12.7. The van der Waals surface area contributed by atoms with Crippen LogP contribution in [0.4, 0.5) is 5.82 Å². The van der Waals surface area contributed by atoms with E-state index in [0.717, 1.165) is 81.3 Å². The molecule has 2 aliphatic heterocycles. The van der Waals surface area contributed by atoms with Crippen molar-refractivity contribution in [3.63, 3.8) is 0 Å². The second kappa shape index (κ2) is 11.7. The van der Waals surface area contributed by atoms with Crippen LogP contribution in [-0.4, -0.2) is 101 Å². The Morgan fingerprint density at radius 2 is 1.58 bits per heavy atom. The van der Waals surface area contributed by atoms with Crippen LogP contribution in [0.5, 0.6) is 0 Å². The molecular weight excluding hydrogens is 523 g/mol. The summed E-state index contributed by atoms with van der Waals surface area (Å²) in [6.07, 6.45) is 2.75. The molecule has 0 saturated carbocycles. The molecule has 3 aliphatic rings. The number of halogens is 2. The fourth-order valence-corrected chi connectivity index (χ4v) is 6.70. The van der Waals surface area contributed by atoms with E-state index in [1.165, 1.54) is 0 Å². The Morgan fingerprint density at radius 1 is 0.947 bits per heavy atom. The van der Waals surface area contributed by atoms with Gasteiger partial charge in [-0.2, -0.15) is 0 Å². The maximum absolute atomic E-state index is 12.7. The highest BCUT2D eigenvalue weighted by Crippen LogP contribution is 2.43. The van der Waals surface area contributed by atoms with Crippen LogP contribution in [0.25, 0.3) is 0 Å². The number of rotatable bonds is 7. The number of nitrogens with zero attached hydrogens (tertiary/aromatic N) is 6. The molecule has 38 heavy (non-hydrogen) atoms. The number of piperazine rings is 2. The average molecular weight is 562 g/mol. The number of benzene rings is 1. The predicted octanol–water partition coefficient (Wildman–Crippen LogP) is 3.78. The average Bonchev–Trinajstić information content (AvgIpc) is 3.22. The lowest BCUT2D eigenvalue weighted by Crippen LogP contribution is -2.62. The number of fused-ring (bicyclic) bond motifs is 1. The molecule has 10 heteroatoms. The maximum Gasteiger partial charge on any atom is 0.135 e. The van der Waals surface area contributed by atoms with Gasteiger partial charge in [-0.05, 0) is 43.9 Å². The van der Waals surface area contributed by atoms with Gasteiger partial charge in [0.05, 0.1) is 33.9 Å². The molecule has 4 atom stereocenters. The fourth-order valence-electron chi connectivity index (χ4n) is 6.40. The minimum Gasteiger partial charge on any atom is -0.387 e. The van der Waals surface area contributed by atoms with Gasteiger partial charge in [-0.1, -0.05) is 36.2 Å². The summed E-state index contributed by atoms with van der Waals surface area (Å²) in [5.74, 6) is 0.825. The van der Waals surface area contributed by atoms with Crippen molar-refractivity contribution in [1.82, 2.24) is 24.7 Å². The minimum atomic E-state index is -0.517. The summed E-state index contributed by atoms with van der Waals surface area (Å²) >= 11 is 12.6. The zero-order valence-corrected chi connectivity index (χ0v) is 23.9. The third-order valence-electron chi connectivity index (χ3n) is 8.52. The molecule has 2 aromatic rings. The fraction of sp³-hybridized carbons (Fsp3) is 0.607. The number of aldehydes is 1. The van der Waals surface area contributed by atoms with Crippen molar-refractivity contribution >= 4 is 35.3 Å². The van der Waals surface area contributed by atoms with Gasteiger partial charge in [0, 0.05) is 64.0 Å². The quantitative estimate of drug-likeness (QED) is 0.513. The van der Waals surface area contributed by atoms with E-state index >= 15 is 0 Å². The van der Waals surface area contributed by atoms with Crippen molar-refractivity contribution < 1.29 is 9.90 Å². The van der Waals surface area contributed by atoms with E-state index in [-0.39, 0.29) is 18.0 Å². The number of anilines is 1. The van der Waals surface area contributed by atoms with Crippen molar-refractivity contribution in [3.05, 3.63) is 51.4 Å². The Bertz CT molecular complexity index is 1130. The monoisotopic (exact) mass is 560 g/mol. The largest absolute Gasteiger partial charge is 0.387 e. The molecule has 2 unspecified atom stereocenters. The second-order valence-corrected chi connectivity index (χ2v) is 11.9. The number of carbonyl (C=O) groups excluding carboxylic acids is 1. The molecule has 1 aliphatic carbocycles. The highest BCUT2D eigenvalue weighted by Gasteiger charge is 2.39. The lowest BCUT2D eigenvalue weighted by Gasteiger charge is -2.49. The third-order valence-corrected chi connectivity index (χ3v) is 9.26. The Hall–Kier alpha value is -1.81. The number of aliphatic hydroxyl groups excluding tert-OH is 1. The summed E-state index contributed by atoms with van der Waals surface area (Å²) in [5.41, 5.74) is 2.74. The van der Waals surface area contributed by atoms with Gasteiger partial charge < -0.3 is 14.8 Å². The van der Waals surface area contributed by atoms with Crippen molar-refractivity contribution in [3.8, 4) is 0 Å². The molecule has 3 heterocycles. The molecule has 5 rings (SSSR count). The number of hydrogen-bond donors (Lipinski definition) is 1. The van der Waals surface area contributed by atoms with Gasteiger partial charge in [-0.3, -0.25) is 14.7 Å². The van der Waals surface area contributed by atoms with Crippen LogP contribution in [0.15, 0.2) is 24.5 Å². The highest BCUT2D eigenvalue weighted by atomic mass is 35.5. The molecule has 1 aromatic heterocycles. The zero-order chi connectivity index (χ0) is 27.0. The number of carbonyl (C=O) groups is 1. The third kappa shape index (κ3) is 5.44. The van der Waals surface area contributed by atoms with Crippen molar-refractivity contribution in [1.29, 1.82) is 0 Å². The molecule has 206 valence electrons. The molecule has 2 saturated heterocycles. The molecular formula is C28H38Cl2N6O2. The first kappa shape index (κ1) is 27.7. The summed E-state index contributed by atoms with van der Waals surface area (Å²) in [4.78, 5) is 31.4. The van der Waals surface area contributed by atoms with Gasteiger partial charge in [-0.15, -0.1) is 0 Å². The van der Waals surface area contributed by atoms with Gasteiger partial charge in [0.25, 0.3) is 0 Å². The summed E-state index contributed by atoms with van der Waals surface area (Å²) < 4.78 is 0.